The lowest BCUT2D eigenvalue weighted by atomic mass is 10.1. The Morgan fingerprint density at radius 3 is 2.58 bits per heavy atom. The normalized spacial score (nSPS) is 14.7. The Balaban J connectivity index is 2.71. The van der Waals surface area contributed by atoms with E-state index in [4.69, 9.17) is 9.10 Å². The number of rotatable bonds is 7. The summed E-state index contributed by atoms with van der Waals surface area (Å²) in [5.41, 5.74) is 0.811. The first-order valence-electron chi connectivity index (χ1n) is 5.82. The van der Waals surface area contributed by atoms with Crippen molar-refractivity contribution < 1.29 is 23.2 Å². The van der Waals surface area contributed by atoms with Gasteiger partial charge in [-0.25, -0.2) is 4.57 Å². The summed E-state index contributed by atoms with van der Waals surface area (Å²) in [6.07, 6.45) is 2.28. The third-order valence-corrected chi connectivity index (χ3v) is 5.32. The van der Waals surface area contributed by atoms with Crippen LogP contribution in [0.3, 0.4) is 0 Å². The van der Waals surface area contributed by atoms with Crippen molar-refractivity contribution in [2.75, 3.05) is 0 Å². The van der Waals surface area contributed by atoms with Crippen LogP contribution in [0.1, 0.15) is 5.56 Å². The third-order valence-electron chi connectivity index (χ3n) is 1.95. The SMILES string of the molecule is C=CCc1ccccc1OOP(=O)(O)O[Si](C)(C)C. The zero-order valence-electron chi connectivity index (χ0n) is 11.3. The van der Waals surface area contributed by atoms with E-state index in [0.29, 0.717) is 12.2 Å². The molecule has 5 nitrogen and oxygen atoms in total. The summed E-state index contributed by atoms with van der Waals surface area (Å²) in [7, 11) is -6.40. The first-order chi connectivity index (χ1) is 8.73. The van der Waals surface area contributed by atoms with Gasteiger partial charge in [-0.1, -0.05) is 28.9 Å². The standard InChI is InChI=1S/C12H19O5PSi/c1-5-8-11-9-6-7-10-12(11)15-16-18(13,14)17-19(2,3)4/h5-7,9-10H,1,8H2,2-4H3,(H,13,14). The Bertz CT molecular complexity index is 483. The molecule has 19 heavy (non-hydrogen) atoms. The number of benzene rings is 1. The maximum Gasteiger partial charge on any atom is 0.498 e. The topological polar surface area (TPSA) is 65.0 Å². The van der Waals surface area contributed by atoms with Gasteiger partial charge in [0.1, 0.15) is 0 Å². The molecule has 0 amide bonds. The van der Waals surface area contributed by atoms with E-state index in [1.54, 1.807) is 37.8 Å². The van der Waals surface area contributed by atoms with Gasteiger partial charge in [0.15, 0.2) is 14.1 Å². The molecule has 7 heteroatoms. The molecule has 0 radical (unpaired) electrons. The van der Waals surface area contributed by atoms with Crippen molar-refractivity contribution in [2.45, 2.75) is 26.1 Å². The van der Waals surface area contributed by atoms with Gasteiger partial charge in [-0.3, -0.25) is 0 Å². The number of allylic oxidation sites excluding steroid dienone is 1. The summed E-state index contributed by atoms with van der Waals surface area (Å²) in [6, 6.07) is 7.05. The Labute approximate surface area is 114 Å². The monoisotopic (exact) mass is 302 g/mol. The highest BCUT2D eigenvalue weighted by molar-refractivity contribution is 7.49. The second-order valence-corrected chi connectivity index (χ2v) is 11.0. The number of hydrogen-bond acceptors (Lipinski definition) is 4. The van der Waals surface area contributed by atoms with Crippen LogP contribution in [0.4, 0.5) is 0 Å². The predicted molar refractivity (Wildman–Crippen MR) is 76.3 cm³/mol. The summed E-state index contributed by atoms with van der Waals surface area (Å²) in [5.74, 6) is 0.371. The molecule has 0 fully saturated rings. The molecule has 1 aromatic carbocycles. The summed E-state index contributed by atoms with van der Waals surface area (Å²) in [4.78, 5) is 14.5. The van der Waals surface area contributed by atoms with E-state index in [2.05, 4.69) is 11.3 Å². The van der Waals surface area contributed by atoms with E-state index in [-0.39, 0.29) is 0 Å². The van der Waals surface area contributed by atoms with E-state index in [1.165, 1.54) is 0 Å². The molecule has 0 bridgehead atoms. The molecule has 0 aromatic heterocycles. The molecular formula is C12H19O5PSi. The van der Waals surface area contributed by atoms with Crippen molar-refractivity contribution in [3.8, 4) is 5.75 Å². The van der Waals surface area contributed by atoms with Crippen molar-refractivity contribution in [3.63, 3.8) is 0 Å². The average molecular weight is 302 g/mol. The average Bonchev–Trinajstić information content (AvgIpc) is 2.25. The van der Waals surface area contributed by atoms with E-state index >= 15 is 0 Å². The Morgan fingerprint density at radius 2 is 2.00 bits per heavy atom. The highest BCUT2D eigenvalue weighted by Crippen LogP contribution is 2.46. The Hall–Kier alpha value is -0.913. The van der Waals surface area contributed by atoms with E-state index in [0.717, 1.165) is 5.56 Å². The number of phosphoric acid groups is 1. The minimum atomic E-state index is -4.20. The molecule has 1 aromatic rings. The first-order valence-corrected chi connectivity index (χ1v) is 10.7. The van der Waals surface area contributed by atoms with Gasteiger partial charge in [0.25, 0.3) is 0 Å². The largest absolute Gasteiger partial charge is 0.498 e. The van der Waals surface area contributed by atoms with Gasteiger partial charge in [-0.2, -0.15) is 0 Å². The second kappa shape index (κ2) is 6.50. The molecule has 0 aliphatic carbocycles. The molecule has 0 saturated heterocycles. The van der Waals surface area contributed by atoms with Crippen molar-refractivity contribution >= 4 is 16.1 Å². The number of hydrogen-bond donors (Lipinski definition) is 1. The number of para-hydroxylation sites is 1. The van der Waals surface area contributed by atoms with Crippen LogP contribution < -0.4 is 4.89 Å². The van der Waals surface area contributed by atoms with Crippen LogP contribution in [0.25, 0.3) is 0 Å². The first kappa shape index (κ1) is 16.1. The van der Waals surface area contributed by atoms with Crippen LogP contribution in [0.15, 0.2) is 36.9 Å². The van der Waals surface area contributed by atoms with Gasteiger partial charge < -0.3 is 14.0 Å². The van der Waals surface area contributed by atoms with E-state index in [1.807, 2.05) is 12.1 Å². The summed E-state index contributed by atoms with van der Waals surface area (Å²) in [6.45, 7) is 8.98. The van der Waals surface area contributed by atoms with Crippen molar-refractivity contribution in [1.29, 1.82) is 0 Å². The van der Waals surface area contributed by atoms with Crippen molar-refractivity contribution in [3.05, 3.63) is 42.5 Å². The lowest BCUT2D eigenvalue weighted by molar-refractivity contribution is -0.122. The molecular weight excluding hydrogens is 283 g/mol. The van der Waals surface area contributed by atoms with E-state index < -0.39 is 16.1 Å². The molecule has 0 aliphatic heterocycles. The minimum absolute atomic E-state index is 0.371. The third kappa shape index (κ3) is 6.18. The molecule has 0 heterocycles. The summed E-state index contributed by atoms with van der Waals surface area (Å²) < 4.78 is 21.3. The lowest BCUT2D eigenvalue weighted by Gasteiger charge is -2.20. The van der Waals surface area contributed by atoms with E-state index in [9.17, 15) is 9.46 Å². The molecule has 0 saturated carbocycles. The smallest absolute Gasteiger partial charge is 0.328 e. The van der Waals surface area contributed by atoms with Gasteiger partial charge in [0, 0.05) is 5.56 Å². The van der Waals surface area contributed by atoms with Gasteiger partial charge in [0.2, 0.25) is 0 Å². The van der Waals surface area contributed by atoms with Crippen LogP contribution in [-0.2, 0) is 19.9 Å². The molecule has 0 spiro atoms. The fraction of sp³-hybridized carbons (Fsp3) is 0.333. The molecule has 1 atom stereocenters. The van der Waals surface area contributed by atoms with Crippen LogP contribution in [-0.4, -0.2) is 13.2 Å². The zero-order chi connectivity index (χ0) is 14.5. The minimum Gasteiger partial charge on any atom is -0.328 e. The second-order valence-electron chi connectivity index (χ2n) is 4.93. The molecule has 0 aliphatic rings. The highest BCUT2D eigenvalue weighted by Gasteiger charge is 2.32. The maximum absolute atomic E-state index is 11.7. The molecule has 1 unspecified atom stereocenters. The maximum atomic E-state index is 11.7. The fourth-order valence-corrected chi connectivity index (χ4v) is 4.42. The van der Waals surface area contributed by atoms with Crippen LogP contribution >= 0.6 is 7.82 Å². The van der Waals surface area contributed by atoms with Gasteiger partial charge in [-0.05, 0) is 32.1 Å². The quantitative estimate of drug-likeness (QED) is 0.274. The Morgan fingerprint density at radius 1 is 1.37 bits per heavy atom. The van der Waals surface area contributed by atoms with Gasteiger partial charge in [-0.15, -0.1) is 6.58 Å². The lowest BCUT2D eigenvalue weighted by Crippen LogP contribution is -2.24. The molecule has 1 N–H and O–H groups in total. The van der Waals surface area contributed by atoms with Crippen molar-refractivity contribution in [2.24, 2.45) is 0 Å². The summed E-state index contributed by atoms with van der Waals surface area (Å²) >= 11 is 0. The Kier molecular flexibility index (Phi) is 5.52. The molecule has 1 rings (SSSR count). The van der Waals surface area contributed by atoms with Gasteiger partial charge >= 0.3 is 7.82 Å². The van der Waals surface area contributed by atoms with Crippen molar-refractivity contribution in [1.82, 2.24) is 0 Å². The van der Waals surface area contributed by atoms with Crippen LogP contribution in [0, 0.1) is 0 Å². The van der Waals surface area contributed by atoms with Crippen LogP contribution in [0.2, 0.25) is 19.6 Å². The van der Waals surface area contributed by atoms with Crippen LogP contribution in [0.5, 0.6) is 5.75 Å². The van der Waals surface area contributed by atoms with Gasteiger partial charge in [0.05, 0.1) is 0 Å². The fourth-order valence-electron chi connectivity index (χ4n) is 1.36. The summed E-state index contributed by atoms with van der Waals surface area (Å²) in [5, 5.41) is 0. The zero-order valence-corrected chi connectivity index (χ0v) is 13.2. The highest BCUT2D eigenvalue weighted by atomic mass is 31.2. The predicted octanol–water partition coefficient (Wildman–Crippen LogP) is 3.68. The molecule has 106 valence electrons.